The number of carboxylic acids is 3. The summed E-state index contributed by atoms with van der Waals surface area (Å²) in [7, 11) is 0. The van der Waals surface area contributed by atoms with E-state index in [0.29, 0.717) is 98.4 Å². The highest BCUT2D eigenvalue weighted by atomic mass is 16.5. The molecule has 0 aromatic heterocycles. The Morgan fingerprint density at radius 1 is 0.683 bits per heavy atom. The SMILES string of the molecule is CCCOCCN(CCOCCO)CC(O)CN1CCN(CC(=O)O)CCN(CC(=O)O)CCN(CC(=O)O)CC1. The van der Waals surface area contributed by atoms with Crippen LogP contribution in [0.25, 0.3) is 0 Å². The second-order valence-corrected chi connectivity index (χ2v) is 10.2. The van der Waals surface area contributed by atoms with Gasteiger partial charge in [0.25, 0.3) is 0 Å². The quantitative estimate of drug-likeness (QED) is 0.0937. The van der Waals surface area contributed by atoms with Crippen LogP contribution in [0.2, 0.25) is 0 Å². The van der Waals surface area contributed by atoms with Gasteiger partial charge in [-0.05, 0) is 6.42 Å². The average molecular weight is 594 g/mol. The van der Waals surface area contributed by atoms with Crippen LogP contribution in [-0.4, -0.2) is 205 Å². The number of nitrogens with zero attached hydrogens (tertiary/aromatic N) is 5. The lowest BCUT2D eigenvalue weighted by molar-refractivity contribution is -0.140. The van der Waals surface area contributed by atoms with Crippen molar-refractivity contribution in [2.24, 2.45) is 0 Å². The van der Waals surface area contributed by atoms with Gasteiger partial charge in [0.15, 0.2) is 0 Å². The lowest BCUT2D eigenvalue weighted by Crippen LogP contribution is -2.50. The Morgan fingerprint density at radius 2 is 1.07 bits per heavy atom. The van der Waals surface area contributed by atoms with Crippen molar-refractivity contribution in [1.82, 2.24) is 24.5 Å². The third kappa shape index (κ3) is 19.7. The molecule has 0 aromatic carbocycles. The van der Waals surface area contributed by atoms with Gasteiger partial charge in [0, 0.05) is 85.1 Å². The molecule has 240 valence electrons. The van der Waals surface area contributed by atoms with Gasteiger partial charge in [0.2, 0.25) is 0 Å². The van der Waals surface area contributed by atoms with E-state index >= 15 is 0 Å². The predicted molar refractivity (Wildman–Crippen MR) is 150 cm³/mol. The second kappa shape index (κ2) is 22.6. The van der Waals surface area contributed by atoms with Crippen molar-refractivity contribution in [3.05, 3.63) is 0 Å². The molecule has 0 spiro atoms. The zero-order chi connectivity index (χ0) is 30.5. The Kier molecular flexibility index (Phi) is 20.5. The Hall–Kier alpha value is -1.95. The fourth-order valence-electron chi connectivity index (χ4n) is 4.56. The molecule has 1 atom stereocenters. The molecule has 1 unspecified atom stereocenters. The molecule has 5 N–H and O–H groups in total. The Balaban J connectivity index is 2.92. The Labute approximate surface area is 242 Å². The number of rotatable bonds is 20. The van der Waals surface area contributed by atoms with Crippen molar-refractivity contribution in [3.8, 4) is 0 Å². The minimum atomic E-state index is -1.00. The molecular weight excluding hydrogens is 542 g/mol. The van der Waals surface area contributed by atoms with Gasteiger partial charge in [0.05, 0.1) is 52.2 Å². The van der Waals surface area contributed by atoms with Gasteiger partial charge in [-0.1, -0.05) is 6.92 Å². The average Bonchev–Trinajstić information content (AvgIpc) is 2.89. The summed E-state index contributed by atoms with van der Waals surface area (Å²) < 4.78 is 11.0. The van der Waals surface area contributed by atoms with Crippen LogP contribution in [0.1, 0.15) is 13.3 Å². The van der Waals surface area contributed by atoms with Crippen LogP contribution in [-0.2, 0) is 23.9 Å². The zero-order valence-corrected chi connectivity index (χ0v) is 24.4. The van der Waals surface area contributed by atoms with Crippen molar-refractivity contribution >= 4 is 17.9 Å². The highest BCUT2D eigenvalue weighted by molar-refractivity contribution is 5.69. The largest absolute Gasteiger partial charge is 0.480 e. The molecule has 1 aliphatic heterocycles. The number of hydrogen-bond acceptors (Lipinski definition) is 12. The maximum atomic E-state index is 11.5. The normalized spacial score (nSPS) is 18.1. The van der Waals surface area contributed by atoms with Gasteiger partial charge in [0.1, 0.15) is 0 Å². The van der Waals surface area contributed by atoms with Crippen LogP contribution < -0.4 is 0 Å². The lowest BCUT2D eigenvalue weighted by atomic mass is 10.2. The highest BCUT2D eigenvalue weighted by Gasteiger charge is 2.22. The molecule has 1 fully saturated rings. The number of hydrogen-bond donors (Lipinski definition) is 5. The fourth-order valence-corrected chi connectivity index (χ4v) is 4.56. The van der Waals surface area contributed by atoms with Gasteiger partial charge < -0.3 is 35.0 Å². The molecule has 41 heavy (non-hydrogen) atoms. The van der Waals surface area contributed by atoms with Gasteiger partial charge in [-0.3, -0.25) is 38.9 Å². The standard InChI is InChI=1S/C26H51N5O10/c1-2-14-40-15-11-31(12-16-41-17-13-32)19-23(33)18-27-3-5-28(20-24(34)35)7-9-30(22-26(38)39)10-8-29(6-4-27)21-25(36)37/h23,32-33H,2-22H2,1H3,(H,34,35)(H,36,37)(H,38,39). The van der Waals surface area contributed by atoms with Crippen LogP contribution in [0.3, 0.4) is 0 Å². The van der Waals surface area contributed by atoms with Gasteiger partial charge in [-0.2, -0.15) is 0 Å². The minimum Gasteiger partial charge on any atom is -0.480 e. The van der Waals surface area contributed by atoms with Crippen molar-refractivity contribution in [3.63, 3.8) is 0 Å². The summed E-state index contributed by atoms with van der Waals surface area (Å²) >= 11 is 0. The molecule has 0 amide bonds. The van der Waals surface area contributed by atoms with E-state index in [1.807, 2.05) is 16.7 Å². The third-order valence-electron chi connectivity index (χ3n) is 6.63. The maximum Gasteiger partial charge on any atom is 0.317 e. The first-order valence-corrected chi connectivity index (χ1v) is 14.3. The summed E-state index contributed by atoms with van der Waals surface area (Å²) in [6, 6.07) is 0. The van der Waals surface area contributed by atoms with Gasteiger partial charge in [-0.25, -0.2) is 0 Å². The first kappa shape index (κ1) is 37.1. The molecule has 0 saturated carbocycles. The molecule has 1 heterocycles. The van der Waals surface area contributed by atoms with Crippen LogP contribution in [0.4, 0.5) is 0 Å². The second-order valence-electron chi connectivity index (χ2n) is 10.2. The third-order valence-corrected chi connectivity index (χ3v) is 6.63. The Morgan fingerprint density at radius 3 is 1.44 bits per heavy atom. The fraction of sp³-hybridized carbons (Fsp3) is 0.885. The molecule has 0 bridgehead atoms. The molecular formula is C26H51N5O10. The van der Waals surface area contributed by atoms with Crippen LogP contribution in [0, 0.1) is 0 Å². The molecule has 15 nitrogen and oxygen atoms in total. The maximum absolute atomic E-state index is 11.5. The van der Waals surface area contributed by atoms with Crippen LogP contribution in [0.15, 0.2) is 0 Å². The van der Waals surface area contributed by atoms with E-state index in [1.54, 1.807) is 14.7 Å². The van der Waals surface area contributed by atoms with E-state index < -0.39 is 24.0 Å². The van der Waals surface area contributed by atoms with E-state index in [4.69, 9.17) is 14.6 Å². The summed E-state index contributed by atoms with van der Waals surface area (Å²) in [6.45, 7) is 8.01. The number of aliphatic hydroxyl groups excluding tert-OH is 2. The number of ether oxygens (including phenoxy) is 2. The van der Waals surface area contributed by atoms with Gasteiger partial charge >= 0.3 is 17.9 Å². The number of β-amino-alcohol motifs (C(OH)–C–C–N with tert-alkyl or cyclic N) is 1. The van der Waals surface area contributed by atoms with E-state index in [9.17, 15) is 34.8 Å². The van der Waals surface area contributed by atoms with Crippen LogP contribution >= 0.6 is 0 Å². The lowest BCUT2D eigenvalue weighted by Gasteiger charge is -2.34. The highest BCUT2D eigenvalue weighted by Crippen LogP contribution is 2.04. The van der Waals surface area contributed by atoms with Crippen molar-refractivity contribution < 1.29 is 49.4 Å². The topological polar surface area (TPSA) is 187 Å². The molecule has 0 radical (unpaired) electrons. The molecule has 1 rings (SSSR count). The van der Waals surface area contributed by atoms with Crippen molar-refractivity contribution in [2.45, 2.75) is 19.4 Å². The van der Waals surface area contributed by atoms with Crippen molar-refractivity contribution in [1.29, 1.82) is 0 Å². The first-order chi connectivity index (χ1) is 19.6. The molecule has 1 saturated heterocycles. The summed E-state index contributed by atoms with van der Waals surface area (Å²) in [6.07, 6.45) is 0.172. The number of carbonyl (C=O) groups is 3. The summed E-state index contributed by atoms with van der Waals surface area (Å²) in [5, 5.41) is 48.1. The first-order valence-electron chi connectivity index (χ1n) is 14.3. The molecule has 0 aliphatic carbocycles. The van der Waals surface area contributed by atoms with E-state index in [1.165, 1.54) is 0 Å². The predicted octanol–water partition coefficient (Wildman–Crippen LogP) is -2.44. The van der Waals surface area contributed by atoms with E-state index in [0.717, 1.165) is 6.42 Å². The van der Waals surface area contributed by atoms with E-state index in [2.05, 4.69) is 0 Å². The smallest absolute Gasteiger partial charge is 0.317 e. The summed E-state index contributed by atoms with van der Waals surface area (Å²) in [5.74, 6) is -2.96. The zero-order valence-electron chi connectivity index (χ0n) is 24.4. The summed E-state index contributed by atoms with van der Waals surface area (Å²) in [5.41, 5.74) is 0. The monoisotopic (exact) mass is 593 g/mol. The van der Waals surface area contributed by atoms with E-state index in [-0.39, 0.29) is 32.8 Å². The molecule has 15 heteroatoms. The number of carboxylic acid groups (broad SMARTS) is 3. The minimum absolute atomic E-state index is 0.0629. The molecule has 0 aromatic rings. The van der Waals surface area contributed by atoms with Crippen LogP contribution in [0.5, 0.6) is 0 Å². The number of aliphatic hydroxyl groups is 2. The van der Waals surface area contributed by atoms with Gasteiger partial charge in [-0.15, -0.1) is 0 Å². The Bertz CT molecular complexity index is 691. The summed E-state index contributed by atoms with van der Waals surface area (Å²) in [4.78, 5) is 43.6. The van der Waals surface area contributed by atoms with Crippen molar-refractivity contribution in [2.75, 3.05) is 131 Å². The molecule has 1 aliphatic rings. The number of aliphatic carboxylic acids is 3.